The molecule has 0 aliphatic carbocycles. The fraction of sp³-hybridized carbons (Fsp3) is 0.444. The summed E-state index contributed by atoms with van der Waals surface area (Å²) in [4.78, 5) is 4.10. The van der Waals surface area contributed by atoms with Gasteiger partial charge in [-0.2, -0.15) is 0 Å². The maximum atomic E-state index is 7.57. The first-order valence-electron chi connectivity index (χ1n) is 3.85. The topological polar surface area (TPSA) is 33.1 Å². The van der Waals surface area contributed by atoms with E-state index in [1.165, 1.54) is 0 Å². The summed E-state index contributed by atoms with van der Waals surface area (Å²) >= 11 is 0. The first-order valence-corrected chi connectivity index (χ1v) is 3.85. The molecule has 1 N–H and O–H groups in total. The molecule has 1 aromatic rings. The maximum Gasteiger partial charge on any atom is 0.0402 e. The second-order valence-electron chi connectivity index (χ2n) is 1.99. The van der Waals surface area contributed by atoms with Crippen molar-refractivity contribution in [3.8, 4) is 0 Å². The molecule has 11 heavy (non-hydrogen) atoms. The van der Waals surface area contributed by atoms with Gasteiger partial charge < -0.3 is 5.11 Å². The van der Waals surface area contributed by atoms with E-state index in [9.17, 15) is 0 Å². The van der Waals surface area contributed by atoms with Gasteiger partial charge in [0.1, 0.15) is 0 Å². The molecule has 0 unspecified atom stereocenters. The van der Waals surface area contributed by atoms with E-state index in [-0.39, 0.29) is 6.61 Å². The van der Waals surface area contributed by atoms with Crippen LogP contribution in [-0.2, 0) is 6.42 Å². The van der Waals surface area contributed by atoms with Crippen molar-refractivity contribution in [1.82, 2.24) is 4.98 Å². The Morgan fingerprint density at radius 1 is 1.36 bits per heavy atom. The Hall–Kier alpha value is -0.890. The smallest absolute Gasteiger partial charge is 0.0402 e. The summed E-state index contributed by atoms with van der Waals surface area (Å²) in [6.07, 6.45) is 2.85. The van der Waals surface area contributed by atoms with Crippen LogP contribution >= 0.6 is 0 Å². The predicted octanol–water partition coefficient (Wildman–Crippen LogP) is 1.64. The minimum atomic E-state index is 0.250. The van der Waals surface area contributed by atoms with Crippen molar-refractivity contribution < 1.29 is 5.11 Å². The molecule has 0 aliphatic rings. The lowest BCUT2D eigenvalue weighted by molar-refractivity contribution is 0.318. The highest BCUT2D eigenvalue weighted by atomic mass is 16.2. The van der Waals surface area contributed by atoms with Crippen LogP contribution < -0.4 is 0 Å². The zero-order valence-corrected chi connectivity index (χ0v) is 7.12. The van der Waals surface area contributed by atoms with E-state index in [2.05, 4.69) is 11.9 Å². The second kappa shape index (κ2) is 7.22. The van der Waals surface area contributed by atoms with Gasteiger partial charge >= 0.3 is 0 Å². The van der Waals surface area contributed by atoms with Crippen molar-refractivity contribution in [1.29, 1.82) is 0 Å². The van der Waals surface area contributed by atoms with Gasteiger partial charge in [-0.25, -0.2) is 0 Å². The Labute approximate surface area is 67.9 Å². The highest BCUT2D eigenvalue weighted by Gasteiger charge is 1.81. The molecule has 0 atom stereocenters. The van der Waals surface area contributed by atoms with Crippen LogP contribution in [0.25, 0.3) is 0 Å². The Morgan fingerprint density at radius 2 is 2.00 bits per heavy atom. The summed E-state index contributed by atoms with van der Waals surface area (Å²) in [6.45, 7) is 4.03. The molecule has 62 valence electrons. The average Bonchev–Trinajstić information content (AvgIpc) is 2.08. The van der Waals surface area contributed by atoms with E-state index < -0.39 is 0 Å². The first kappa shape index (κ1) is 10.1. The quantitative estimate of drug-likeness (QED) is 0.665. The van der Waals surface area contributed by atoms with Crippen molar-refractivity contribution in [2.45, 2.75) is 20.3 Å². The van der Waals surface area contributed by atoms with Gasteiger partial charge in [0.25, 0.3) is 0 Å². The van der Waals surface area contributed by atoms with E-state index in [0.717, 1.165) is 12.1 Å². The monoisotopic (exact) mass is 153 g/mol. The minimum absolute atomic E-state index is 0.250. The number of aliphatic hydroxyl groups excluding tert-OH is 1. The number of nitrogens with zero attached hydrogens (tertiary/aromatic N) is 1. The molecule has 1 heterocycles. The normalized spacial score (nSPS) is 8.27. The second-order valence-corrected chi connectivity index (χ2v) is 1.99. The van der Waals surface area contributed by atoms with Crippen molar-refractivity contribution in [2.24, 2.45) is 0 Å². The van der Waals surface area contributed by atoms with Crippen molar-refractivity contribution >= 4 is 0 Å². The van der Waals surface area contributed by atoms with Gasteiger partial charge in [-0.05, 0) is 25.5 Å². The van der Waals surface area contributed by atoms with Crippen LogP contribution in [0, 0.1) is 0 Å². The number of aryl methyl sites for hydroxylation is 1. The SMILES string of the molecule is CCO.CCc1ccccn1. The number of hydrogen-bond acceptors (Lipinski definition) is 2. The number of pyridine rings is 1. The molecule has 0 saturated heterocycles. The molecule has 0 amide bonds. The van der Waals surface area contributed by atoms with Crippen LogP contribution in [0.5, 0.6) is 0 Å². The summed E-state index contributed by atoms with van der Waals surface area (Å²) in [6, 6.07) is 5.96. The van der Waals surface area contributed by atoms with E-state index in [0.29, 0.717) is 0 Å². The van der Waals surface area contributed by atoms with Gasteiger partial charge in [0.2, 0.25) is 0 Å². The third-order valence-electron chi connectivity index (χ3n) is 1.09. The third-order valence-corrected chi connectivity index (χ3v) is 1.09. The number of aromatic nitrogens is 1. The van der Waals surface area contributed by atoms with Crippen LogP contribution in [0.1, 0.15) is 19.5 Å². The van der Waals surface area contributed by atoms with Crippen LogP contribution in [0.2, 0.25) is 0 Å². The Kier molecular flexibility index (Phi) is 6.64. The third kappa shape index (κ3) is 5.55. The Balaban J connectivity index is 0.000000292. The van der Waals surface area contributed by atoms with Gasteiger partial charge in [0.15, 0.2) is 0 Å². The summed E-state index contributed by atoms with van der Waals surface area (Å²) in [5.74, 6) is 0. The standard InChI is InChI=1S/C7H9N.C2H6O/c1-2-7-5-3-4-6-8-7;1-2-3/h3-6H,2H2,1H3;3H,2H2,1H3. The summed E-state index contributed by atoms with van der Waals surface area (Å²) in [5.41, 5.74) is 1.16. The maximum absolute atomic E-state index is 7.57. The van der Waals surface area contributed by atoms with Crippen LogP contribution in [0.3, 0.4) is 0 Å². The molecule has 0 aromatic carbocycles. The van der Waals surface area contributed by atoms with E-state index >= 15 is 0 Å². The molecule has 2 nitrogen and oxygen atoms in total. The average molecular weight is 153 g/mol. The Bertz CT molecular complexity index is 162. The summed E-state index contributed by atoms with van der Waals surface area (Å²) in [7, 11) is 0. The minimum Gasteiger partial charge on any atom is -0.397 e. The number of rotatable bonds is 1. The largest absolute Gasteiger partial charge is 0.397 e. The first-order chi connectivity index (χ1) is 5.35. The lowest BCUT2D eigenvalue weighted by Gasteiger charge is -1.88. The van der Waals surface area contributed by atoms with E-state index in [1.54, 1.807) is 6.92 Å². The fourth-order valence-electron chi connectivity index (χ4n) is 0.607. The molecule has 0 spiro atoms. The van der Waals surface area contributed by atoms with Gasteiger partial charge in [-0.1, -0.05) is 13.0 Å². The fourth-order valence-corrected chi connectivity index (χ4v) is 0.607. The van der Waals surface area contributed by atoms with Gasteiger partial charge in [-0.3, -0.25) is 4.98 Å². The number of hydrogen-bond donors (Lipinski definition) is 1. The molecule has 0 saturated carbocycles. The van der Waals surface area contributed by atoms with Gasteiger partial charge in [0, 0.05) is 18.5 Å². The van der Waals surface area contributed by atoms with Crippen molar-refractivity contribution in [2.75, 3.05) is 6.61 Å². The Morgan fingerprint density at radius 3 is 2.27 bits per heavy atom. The summed E-state index contributed by atoms with van der Waals surface area (Å²) in [5, 5.41) is 7.57. The van der Waals surface area contributed by atoms with Gasteiger partial charge in [0.05, 0.1) is 0 Å². The molecule has 0 bridgehead atoms. The lowest BCUT2D eigenvalue weighted by atomic mass is 10.3. The lowest BCUT2D eigenvalue weighted by Crippen LogP contribution is -1.81. The summed E-state index contributed by atoms with van der Waals surface area (Å²) < 4.78 is 0. The van der Waals surface area contributed by atoms with Crippen molar-refractivity contribution in [3.63, 3.8) is 0 Å². The van der Waals surface area contributed by atoms with Crippen LogP contribution in [0.4, 0.5) is 0 Å². The number of aliphatic hydroxyl groups is 1. The molecule has 1 aromatic heterocycles. The molecular weight excluding hydrogens is 138 g/mol. The molecular formula is C9H15NO. The molecule has 0 radical (unpaired) electrons. The predicted molar refractivity (Wildman–Crippen MR) is 46.4 cm³/mol. The van der Waals surface area contributed by atoms with Gasteiger partial charge in [-0.15, -0.1) is 0 Å². The van der Waals surface area contributed by atoms with E-state index in [4.69, 9.17) is 5.11 Å². The molecule has 0 aliphatic heterocycles. The molecule has 1 rings (SSSR count). The van der Waals surface area contributed by atoms with E-state index in [1.807, 2.05) is 24.4 Å². The zero-order chi connectivity index (χ0) is 8.53. The molecule has 0 fully saturated rings. The van der Waals surface area contributed by atoms with Crippen LogP contribution in [-0.4, -0.2) is 16.7 Å². The molecule has 2 heteroatoms. The highest BCUT2D eigenvalue weighted by molar-refractivity contribution is 5.02. The highest BCUT2D eigenvalue weighted by Crippen LogP contribution is 1.91. The zero-order valence-electron chi connectivity index (χ0n) is 7.12. The van der Waals surface area contributed by atoms with Crippen LogP contribution in [0.15, 0.2) is 24.4 Å². The van der Waals surface area contributed by atoms with Crippen molar-refractivity contribution in [3.05, 3.63) is 30.1 Å².